The number of hydrogen-bond donors (Lipinski definition) is 3. The highest BCUT2D eigenvalue weighted by atomic mass is 35.5. The molecule has 16 heavy (non-hydrogen) atoms. The van der Waals surface area contributed by atoms with Gasteiger partial charge in [-0.05, 0) is 19.3 Å². The molecule has 2 atom stereocenters. The summed E-state index contributed by atoms with van der Waals surface area (Å²) in [5.74, 6) is 0.0680. The van der Waals surface area contributed by atoms with E-state index in [1.807, 2.05) is 0 Å². The number of aliphatic hydroxyl groups excluding tert-OH is 1. The lowest BCUT2D eigenvalue weighted by atomic mass is 9.95. The van der Waals surface area contributed by atoms with Crippen molar-refractivity contribution in [2.24, 2.45) is 0 Å². The minimum Gasteiger partial charge on any atom is -0.392 e. The van der Waals surface area contributed by atoms with Crippen molar-refractivity contribution in [3.05, 3.63) is 0 Å². The van der Waals surface area contributed by atoms with Gasteiger partial charge in [0.1, 0.15) is 0 Å². The summed E-state index contributed by atoms with van der Waals surface area (Å²) in [6, 6.07) is 0.188. The Labute approximate surface area is 103 Å². The number of β-amino-alcohol motifs (C(OH)–C–C–N with tert-alkyl or cyclic N) is 1. The third kappa shape index (κ3) is 3.61. The van der Waals surface area contributed by atoms with Crippen molar-refractivity contribution in [2.75, 3.05) is 6.54 Å². The first-order valence-corrected chi connectivity index (χ1v) is 5.97. The van der Waals surface area contributed by atoms with Crippen LogP contribution in [0.1, 0.15) is 38.5 Å². The first-order valence-electron chi connectivity index (χ1n) is 5.97. The van der Waals surface area contributed by atoms with Gasteiger partial charge in [-0.2, -0.15) is 0 Å². The lowest BCUT2D eigenvalue weighted by molar-refractivity contribution is -0.123. The fourth-order valence-electron chi connectivity index (χ4n) is 2.47. The summed E-state index contributed by atoms with van der Waals surface area (Å²) < 4.78 is 0. The van der Waals surface area contributed by atoms with Crippen LogP contribution in [0.3, 0.4) is 0 Å². The predicted molar refractivity (Wildman–Crippen MR) is 64.7 cm³/mol. The van der Waals surface area contributed by atoms with Crippen molar-refractivity contribution >= 4 is 18.3 Å². The van der Waals surface area contributed by atoms with Crippen LogP contribution in [0.4, 0.5) is 0 Å². The van der Waals surface area contributed by atoms with E-state index in [1.54, 1.807) is 0 Å². The second kappa shape index (κ2) is 6.42. The minimum absolute atomic E-state index is 0. The Morgan fingerprint density at radius 3 is 2.50 bits per heavy atom. The number of hydrogen-bond acceptors (Lipinski definition) is 3. The summed E-state index contributed by atoms with van der Waals surface area (Å²) in [5, 5.41) is 15.4. The molecule has 2 unspecified atom stereocenters. The van der Waals surface area contributed by atoms with E-state index in [1.165, 1.54) is 19.3 Å². The van der Waals surface area contributed by atoms with E-state index >= 15 is 0 Å². The molecule has 0 aromatic heterocycles. The average molecular weight is 249 g/mol. The molecular formula is C11H21ClN2O2. The van der Waals surface area contributed by atoms with Crippen molar-refractivity contribution in [1.29, 1.82) is 0 Å². The van der Waals surface area contributed by atoms with Crippen LogP contribution in [0.2, 0.25) is 0 Å². The summed E-state index contributed by atoms with van der Waals surface area (Å²) in [5.41, 5.74) is 0. The molecule has 5 heteroatoms. The normalized spacial score (nSPS) is 30.8. The fraction of sp³-hybridized carbons (Fsp3) is 0.909. The summed E-state index contributed by atoms with van der Waals surface area (Å²) in [4.78, 5) is 11.8. The quantitative estimate of drug-likeness (QED) is 0.670. The van der Waals surface area contributed by atoms with Gasteiger partial charge in [0.25, 0.3) is 0 Å². The Morgan fingerprint density at radius 1 is 1.25 bits per heavy atom. The number of aliphatic hydroxyl groups is 1. The van der Waals surface area contributed by atoms with Crippen molar-refractivity contribution in [1.82, 2.24) is 10.6 Å². The Bertz CT molecular complexity index is 232. The Kier molecular flexibility index (Phi) is 5.52. The Hall–Kier alpha value is -0.320. The minimum atomic E-state index is -0.355. The molecule has 2 fully saturated rings. The molecule has 4 nitrogen and oxygen atoms in total. The second-order valence-electron chi connectivity index (χ2n) is 4.69. The first-order chi connectivity index (χ1) is 7.25. The van der Waals surface area contributed by atoms with E-state index < -0.39 is 0 Å². The molecule has 1 amide bonds. The Balaban J connectivity index is 0.00000128. The SMILES string of the molecule is Cl.O=C(NC1CCCCC1)C1CC(O)CN1. The number of halogens is 1. The van der Waals surface area contributed by atoms with Crippen molar-refractivity contribution < 1.29 is 9.90 Å². The van der Waals surface area contributed by atoms with E-state index in [2.05, 4.69) is 10.6 Å². The zero-order valence-corrected chi connectivity index (χ0v) is 10.3. The van der Waals surface area contributed by atoms with E-state index in [-0.39, 0.29) is 30.5 Å². The van der Waals surface area contributed by atoms with Gasteiger partial charge in [0.15, 0.2) is 0 Å². The highest BCUT2D eigenvalue weighted by molar-refractivity contribution is 5.85. The molecule has 0 aromatic carbocycles. The molecule has 2 rings (SSSR count). The monoisotopic (exact) mass is 248 g/mol. The number of carbonyl (C=O) groups excluding carboxylic acids is 1. The van der Waals surface area contributed by atoms with Crippen LogP contribution in [0.15, 0.2) is 0 Å². The lowest BCUT2D eigenvalue weighted by Gasteiger charge is -2.24. The van der Waals surface area contributed by atoms with Crippen LogP contribution in [-0.2, 0) is 4.79 Å². The largest absolute Gasteiger partial charge is 0.392 e. The van der Waals surface area contributed by atoms with Gasteiger partial charge >= 0.3 is 0 Å². The second-order valence-corrected chi connectivity index (χ2v) is 4.69. The third-order valence-electron chi connectivity index (χ3n) is 3.38. The van der Waals surface area contributed by atoms with Crippen molar-refractivity contribution in [3.63, 3.8) is 0 Å². The van der Waals surface area contributed by atoms with Crippen LogP contribution in [0.25, 0.3) is 0 Å². The zero-order chi connectivity index (χ0) is 10.7. The smallest absolute Gasteiger partial charge is 0.237 e. The van der Waals surface area contributed by atoms with E-state index in [0.717, 1.165) is 12.8 Å². The number of nitrogens with one attached hydrogen (secondary N) is 2. The molecule has 0 spiro atoms. The van der Waals surface area contributed by atoms with Gasteiger partial charge in [-0.25, -0.2) is 0 Å². The molecule has 2 aliphatic rings. The van der Waals surface area contributed by atoms with Crippen LogP contribution < -0.4 is 10.6 Å². The molecule has 94 valence electrons. The van der Waals surface area contributed by atoms with Crippen molar-refractivity contribution in [2.45, 2.75) is 56.7 Å². The summed E-state index contributed by atoms with van der Waals surface area (Å²) in [6.07, 6.45) is 6.18. The lowest BCUT2D eigenvalue weighted by Crippen LogP contribution is -2.45. The third-order valence-corrected chi connectivity index (χ3v) is 3.38. The fourth-order valence-corrected chi connectivity index (χ4v) is 2.47. The van der Waals surface area contributed by atoms with Gasteiger partial charge in [-0.15, -0.1) is 12.4 Å². The molecule has 0 aromatic rings. The van der Waals surface area contributed by atoms with Crippen molar-refractivity contribution in [3.8, 4) is 0 Å². The molecule has 1 heterocycles. The molecular weight excluding hydrogens is 228 g/mol. The molecule has 0 radical (unpaired) electrons. The Morgan fingerprint density at radius 2 is 1.94 bits per heavy atom. The van der Waals surface area contributed by atoms with Crippen LogP contribution in [-0.4, -0.2) is 35.7 Å². The standard InChI is InChI=1S/C11H20N2O2.ClH/c14-9-6-10(12-7-9)11(15)13-8-4-2-1-3-5-8;/h8-10,12,14H,1-7H2,(H,13,15);1H. The van der Waals surface area contributed by atoms with Gasteiger partial charge in [-0.3, -0.25) is 4.79 Å². The number of carbonyl (C=O) groups is 1. The van der Waals surface area contributed by atoms with Crippen LogP contribution in [0, 0.1) is 0 Å². The molecule has 1 aliphatic carbocycles. The average Bonchev–Trinajstić information content (AvgIpc) is 2.66. The summed E-state index contributed by atoms with van der Waals surface area (Å²) in [7, 11) is 0. The van der Waals surface area contributed by atoms with E-state index in [0.29, 0.717) is 19.0 Å². The van der Waals surface area contributed by atoms with Crippen LogP contribution >= 0.6 is 12.4 Å². The molecule has 1 saturated carbocycles. The number of rotatable bonds is 2. The van der Waals surface area contributed by atoms with Gasteiger partial charge in [-0.1, -0.05) is 19.3 Å². The van der Waals surface area contributed by atoms with Crippen LogP contribution in [0.5, 0.6) is 0 Å². The zero-order valence-electron chi connectivity index (χ0n) is 9.45. The maximum Gasteiger partial charge on any atom is 0.237 e. The maximum atomic E-state index is 11.8. The number of amides is 1. The first kappa shape index (κ1) is 13.7. The molecule has 1 aliphatic heterocycles. The van der Waals surface area contributed by atoms with E-state index in [4.69, 9.17) is 0 Å². The summed E-state index contributed by atoms with van der Waals surface area (Å²) in [6.45, 7) is 0.544. The highest BCUT2D eigenvalue weighted by Gasteiger charge is 2.29. The van der Waals surface area contributed by atoms with Gasteiger partial charge < -0.3 is 15.7 Å². The maximum absolute atomic E-state index is 11.8. The van der Waals surface area contributed by atoms with E-state index in [9.17, 15) is 9.90 Å². The topological polar surface area (TPSA) is 61.4 Å². The van der Waals surface area contributed by atoms with Gasteiger partial charge in [0.05, 0.1) is 12.1 Å². The highest BCUT2D eigenvalue weighted by Crippen LogP contribution is 2.18. The van der Waals surface area contributed by atoms with Gasteiger partial charge in [0.2, 0.25) is 5.91 Å². The summed E-state index contributed by atoms with van der Waals surface area (Å²) >= 11 is 0. The predicted octanol–water partition coefficient (Wildman–Crippen LogP) is 0.580. The molecule has 0 bridgehead atoms. The van der Waals surface area contributed by atoms with Gasteiger partial charge in [0, 0.05) is 12.6 Å². The molecule has 1 saturated heterocycles. The molecule has 3 N–H and O–H groups in total.